The van der Waals surface area contributed by atoms with Crippen LogP contribution in [0.3, 0.4) is 0 Å². The topological polar surface area (TPSA) is 43.4 Å². The molecule has 7 atom stereocenters. The highest BCUT2D eigenvalue weighted by Crippen LogP contribution is 2.66. The lowest BCUT2D eigenvalue weighted by molar-refractivity contribution is -0.149. The van der Waals surface area contributed by atoms with Gasteiger partial charge in [-0.3, -0.25) is 9.59 Å². The molecule has 3 saturated carbocycles. The molecule has 4 aliphatic carbocycles. The maximum absolute atomic E-state index is 13.4. The first-order valence-corrected chi connectivity index (χ1v) is 13.4. The van der Waals surface area contributed by atoms with Crippen LogP contribution in [0.5, 0.6) is 0 Å². The second kappa shape index (κ2) is 8.81. The van der Waals surface area contributed by atoms with Crippen LogP contribution in [0.25, 0.3) is 6.08 Å². The van der Waals surface area contributed by atoms with Gasteiger partial charge in [-0.05, 0) is 92.1 Å². The van der Waals surface area contributed by atoms with E-state index >= 15 is 0 Å². The number of esters is 1. The molecule has 4 unspecified atom stereocenters. The van der Waals surface area contributed by atoms with Crippen molar-refractivity contribution >= 4 is 17.8 Å². The molecule has 0 N–H and O–H groups in total. The normalized spacial score (nSPS) is 39.1. The third-order valence-corrected chi connectivity index (χ3v) is 10.3. The average molecular weight is 461 g/mol. The largest absolute Gasteiger partial charge is 0.462 e. The van der Waals surface area contributed by atoms with E-state index in [-0.39, 0.29) is 28.8 Å². The second-order valence-electron chi connectivity index (χ2n) is 12.1. The molecule has 0 bridgehead atoms. The number of carbonyl (C=O) groups excluding carboxylic acids is 2. The lowest BCUT2D eigenvalue weighted by Crippen LogP contribution is -2.51. The van der Waals surface area contributed by atoms with E-state index in [2.05, 4.69) is 51.1 Å². The predicted molar refractivity (Wildman–Crippen MR) is 136 cm³/mol. The van der Waals surface area contributed by atoms with Crippen molar-refractivity contribution in [3.63, 3.8) is 0 Å². The van der Waals surface area contributed by atoms with E-state index in [1.54, 1.807) is 0 Å². The molecule has 0 amide bonds. The lowest BCUT2D eigenvalue weighted by atomic mass is 9.47. The Morgan fingerprint density at radius 2 is 1.76 bits per heavy atom. The zero-order valence-electron chi connectivity index (χ0n) is 21.3. The van der Waals surface area contributed by atoms with Crippen molar-refractivity contribution < 1.29 is 14.3 Å². The smallest absolute Gasteiger partial charge is 0.302 e. The Morgan fingerprint density at radius 3 is 2.50 bits per heavy atom. The van der Waals surface area contributed by atoms with Crippen molar-refractivity contribution in [2.75, 3.05) is 0 Å². The van der Waals surface area contributed by atoms with Gasteiger partial charge >= 0.3 is 5.97 Å². The number of rotatable bonds is 4. The summed E-state index contributed by atoms with van der Waals surface area (Å²) in [5, 5.41) is 0. The Balaban J connectivity index is 1.32. The van der Waals surface area contributed by atoms with Gasteiger partial charge in [0.1, 0.15) is 6.10 Å². The number of ether oxygens (including phenoxy) is 1. The Bertz CT molecular complexity index is 1020. The molecule has 0 aromatic heterocycles. The van der Waals surface area contributed by atoms with Gasteiger partial charge in [-0.25, -0.2) is 0 Å². The molecule has 3 fully saturated rings. The molecule has 1 aromatic rings. The van der Waals surface area contributed by atoms with Crippen LogP contribution < -0.4 is 0 Å². The maximum Gasteiger partial charge on any atom is 0.302 e. The van der Waals surface area contributed by atoms with Gasteiger partial charge in [0.15, 0.2) is 5.78 Å². The van der Waals surface area contributed by atoms with Gasteiger partial charge in [-0.2, -0.15) is 0 Å². The highest BCUT2D eigenvalue weighted by atomic mass is 16.5. The summed E-state index contributed by atoms with van der Waals surface area (Å²) in [6.07, 6.45) is 15.1. The standard InChI is InChI=1S/C31H40O3/c1-20-5-7-22(8-6-20)9-14-29(33)28-13-12-26-25-11-10-23-19-24(34-21(2)32)15-17-30(23,3)27(25)16-18-31(26,28)4/h5-10,14,24-28H,11-13,15-19H2,1-4H3/b14-9+/t24-,25?,26?,27?,28?,30-,31-/m0/s1. The van der Waals surface area contributed by atoms with E-state index in [1.165, 1.54) is 30.9 Å². The quantitative estimate of drug-likeness (QED) is 0.274. The van der Waals surface area contributed by atoms with Crippen LogP contribution >= 0.6 is 0 Å². The predicted octanol–water partition coefficient (Wildman–Crippen LogP) is 7.09. The van der Waals surface area contributed by atoms with Gasteiger partial charge < -0.3 is 4.74 Å². The number of aryl methyl sites for hydroxylation is 1. The minimum Gasteiger partial charge on any atom is -0.462 e. The summed E-state index contributed by atoms with van der Waals surface area (Å²) in [7, 11) is 0. The monoisotopic (exact) mass is 460 g/mol. The lowest BCUT2D eigenvalue weighted by Gasteiger charge is -2.58. The van der Waals surface area contributed by atoms with Gasteiger partial charge in [0.2, 0.25) is 0 Å². The van der Waals surface area contributed by atoms with Gasteiger partial charge in [-0.1, -0.05) is 61.4 Å². The van der Waals surface area contributed by atoms with Crippen LogP contribution in [-0.4, -0.2) is 17.9 Å². The number of carbonyl (C=O) groups is 2. The number of hydrogen-bond acceptors (Lipinski definition) is 3. The SMILES string of the molecule is CC(=O)O[C@H]1CC[C@@]2(C)C(=CCC3C4CCC(C(=O)/C=C/c5ccc(C)cc5)[C@@]4(C)CCC32)C1. The molecule has 4 aliphatic rings. The zero-order chi connectivity index (χ0) is 24.1. The third-order valence-electron chi connectivity index (χ3n) is 10.3. The summed E-state index contributed by atoms with van der Waals surface area (Å²) in [5.74, 6) is 2.32. The molecule has 0 aliphatic heterocycles. The van der Waals surface area contributed by atoms with E-state index in [0.29, 0.717) is 23.5 Å². The number of fused-ring (bicyclic) bond motifs is 5. The first-order chi connectivity index (χ1) is 16.2. The van der Waals surface area contributed by atoms with Gasteiger partial charge in [0.25, 0.3) is 0 Å². The number of benzene rings is 1. The highest BCUT2D eigenvalue weighted by molar-refractivity contribution is 5.96. The van der Waals surface area contributed by atoms with Crippen molar-refractivity contribution in [3.8, 4) is 0 Å². The number of ketones is 1. The van der Waals surface area contributed by atoms with Crippen molar-refractivity contribution in [2.24, 2.45) is 34.5 Å². The molecule has 5 rings (SSSR count). The minimum atomic E-state index is -0.158. The molecule has 1 aromatic carbocycles. The number of allylic oxidation sites excluding steroid dienone is 2. The summed E-state index contributed by atoms with van der Waals surface area (Å²) in [4.78, 5) is 24.9. The van der Waals surface area contributed by atoms with Gasteiger partial charge in [-0.15, -0.1) is 0 Å². The fourth-order valence-corrected chi connectivity index (χ4v) is 8.40. The van der Waals surface area contributed by atoms with Crippen LogP contribution in [0, 0.1) is 41.4 Å². The van der Waals surface area contributed by atoms with E-state index in [0.717, 1.165) is 44.1 Å². The van der Waals surface area contributed by atoms with Gasteiger partial charge in [0, 0.05) is 19.3 Å². The molecule has 182 valence electrons. The molecule has 0 radical (unpaired) electrons. The first-order valence-electron chi connectivity index (χ1n) is 13.4. The summed E-state index contributed by atoms with van der Waals surface area (Å²) < 4.78 is 5.58. The van der Waals surface area contributed by atoms with E-state index in [4.69, 9.17) is 4.74 Å². The maximum atomic E-state index is 13.4. The van der Waals surface area contributed by atoms with Crippen LogP contribution in [0.2, 0.25) is 0 Å². The molecule has 3 nitrogen and oxygen atoms in total. The fourth-order valence-electron chi connectivity index (χ4n) is 8.40. The molecule has 3 heteroatoms. The molecule has 0 heterocycles. The van der Waals surface area contributed by atoms with E-state index in [9.17, 15) is 9.59 Å². The molecule has 0 spiro atoms. The van der Waals surface area contributed by atoms with Crippen molar-refractivity contribution in [2.45, 2.75) is 85.2 Å². The third kappa shape index (κ3) is 3.99. The summed E-state index contributed by atoms with van der Waals surface area (Å²) in [6, 6.07) is 8.38. The highest BCUT2D eigenvalue weighted by Gasteiger charge is 2.59. The van der Waals surface area contributed by atoms with Crippen LogP contribution in [0.1, 0.15) is 83.3 Å². The van der Waals surface area contributed by atoms with Crippen LogP contribution in [0.15, 0.2) is 42.0 Å². The Labute approximate surface area is 205 Å². The zero-order valence-corrected chi connectivity index (χ0v) is 21.3. The van der Waals surface area contributed by atoms with Crippen LogP contribution in [-0.2, 0) is 14.3 Å². The van der Waals surface area contributed by atoms with E-state index in [1.807, 2.05) is 12.2 Å². The molecular weight excluding hydrogens is 420 g/mol. The number of hydrogen-bond donors (Lipinski definition) is 0. The summed E-state index contributed by atoms with van der Waals surface area (Å²) in [6.45, 7) is 8.51. The Morgan fingerprint density at radius 1 is 1.00 bits per heavy atom. The summed E-state index contributed by atoms with van der Waals surface area (Å²) >= 11 is 0. The Hall–Kier alpha value is -2.16. The Kier molecular flexibility index (Phi) is 6.11. The minimum absolute atomic E-state index is 0.0519. The van der Waals surface area contributed by atoms with Crippen molar-refractivity contribution in [1.82, 2.24) is 0 Å². The fraction of sp³-hybridized carbons (Fsp3) is 0.613. The van der Waals surface area contributed by atoms with Crippen LogP contribution in [0.4, 0.5) is 0 Å². The summed E-state index contributed by atoms with van der Waals surface area (Å²) in [5.41, 5.74) is 4.22. The van der Waals surface area contributed by atoms with E-state index < -0.39 is 0 Å². The van der Waals surface area contributed by atoms with Crippen molar-refractivity contribution in [1.29, 1.82) is 0 Å². The van der Waals surface area contributed by atoms with Gasteiger partial charge in [0.05, 0.1) is 0 Å². The second-order valence-corrected chi connectivity index (χ2v) is 12.1. The average Bonchev–Trinajstić information content (AvgIpc) is 3.16. The van der Waals surface area contributed by atoms with Crippen molar-refractivity contribution in [3.05, 3.63) is 53.1 Å². The first kappa shape index (κ1) is 23.6. The molecular formula is C31H40O3. The molecule has 34 heavy (non-hydrogen) atoms. The molecule has 0 saturated heterocycles.